The number of piperidine rings is 1. The molecule has 1 amide bonds. The maximum Gasteiger partial charge on any atom is 0.257 e. The van der Waals surface area contributed by atoms with Gasteiger partial charge in [0.15, 0.2) is 0 Å². The number of hydrogen-bond donors (Lipinski definition) is 1. The number of amides is 1. The predicted octanol–water partition coefficient (Wildman–Crippen LogP) is 3.28. The van der Waals surface area contributed by atoms with Crippen LogP contribution in [0.2, 0.25) is 0 Å². The zero-order valence-corrected chi connectivity index (χ0v) is 14.9. The molecule has 1 aromatic rings. The van der Waals surface area contributed by atoms with Crippen LogP contribution >= 0.6 is 12.4 Å². The lowest BCUT2D eigenvalue weighted by atomic mass is 10.0. The van der Waals surface area contributed by atoms with Crippen molar-refractivity contribution in [2.45, 2.75) is 31.7 Å². The van der Waals surface area contributed by atoms with Gasteiger partial charge in [0.1, 0.15) is 12.4 Å². The predicted molar refractivity (Wildman–Crippen MR) is 99.0 cm³/mol. The van der Waals surface area contributed by atoms with Gasteiger partial charge in [-0.25, -0.2) is 0 Å². The monoisotopic (exact) mass is 350 g/mol. The molecule has 1 N–H and O–H groups in total. The SMILES string of the molecule is C=CCOc1ccccc1C(=O)N1CCC(NCC2CC2)CC1.Cl. The molecule has 24 heavy (non-hydrogen) atoms. The van der Waals surface area contributed by atoms with Gasteiger partial charge in [-0.1, -0.05) is 24.8 Å². The molecule has 0 atom stereocenters. The summed E-state index contributed by atoms with van der Waals surface area (Å²) in [5.74, 6) is 1.63. The molecule has 0 bridgehead atoms. The number of ether oxygens (including phenoxy) is 1. The van der Waals surface area contributed by atoms with Crippen LogP contribution in [0, 0.1) is 5.92 Å². The van der Waals surface area contributed by atoms with E-state index in [1.807, 2.05) is 29.2 Å². The maximum absolute atomic E-state index is 12.8. The molecule has 2 aliphatic rings. The summed E-state index contributed by atoms with van der Waals surface area (Å²) in [7, 11) is 0. The number of carbonyl (C=O) groups excluding carboxylic acids is 1. The van der Waals surface area contributed by atoms with E-state index in [2.05, 4.69) is 11.9 Å². The molecule has 1 saturated carbocycles. The summed E-state index contributed by atoms with van der Waals surface area (Å²) in [6.45, 7) is 6.85. The van der Waals surface area contributed by atoms with E-state index in [0.29, 0.717) is 24.0 Å². The third-order valence-electron chi connectivity index (χ3n) is 4.65. The Hall–Kier alpha value is -1.52. The van der Waals surface area contributed by atoms with Gasteiger partial charge in [0.05, 0.1) is 5.56 Å². The smallest absolute Gasteiger partial charge is 0.257 e. The topological polar surface area (TPSA) is 41.6 Å². The fourth-order valence-corrected chi connectivity index (χ4v) is 3.03. The van der Waals surface area contributed by atoms with E-state index in [1.165, 1.54) is 12.8 Å². The van der Waals surface area contributed by atoms with Crippen molar-refractivity contribution in [1.29, 1.82) is 0 Å². The van der Waals surface area contributed by atoms with Crippen LogP contribution in [0.1, 0.15) is 36.0 Å². The van der Waals surface area contributed by atoms with Crippen LogP contribution in [-0.2, 0) is 0 Å². The average Bonchev–Trinajstić information content (AvgIpc) is 3.43. The van der Waals surface area contributed by atoms with Crippen LogP contribution < -0.4 is 10.1 Å². The third-order valence-corrected chi connectivity index (χ3v) is 4.65. The van der Waals surface area contributed by atoms with Gasteiger partial charge < -0.3 is 15.0 Å². The Morgan fingerprint density at radius 3 is 2.62 bits per heavy atom. The van der Waals surface area contributed by atoms with Crippen molar-refractivity contribution >= 4 is 18.3 Å². The second-order valence-electron chi connectivity index (χ2n) is 6.51. The van der Waals surface area contributed by atoms with E-state index < -0.39 is 0 Å². The molecular formula is C19H27ClN2O2. The number of likely N-dealkylation sites (tertiary alicyclic amines) is 1. The van der Waals surface area contributed by atoms with Gasteiger partial charge in [-0.3, -0.25) is 4.79 Å². The van der Waals surface area contributed by atoms with Crippen LogP contribution in [0.4, 0.5) is 0 Å². The second kappa shape index (κ2) is 9.09. The van der Waals surface area contributed by atoms with Gasteiger partial charge in [-0.2, -0.15) is 0 Å². The summed E-state index contributed by atoms with van der Waals surface area (Å²) in [6.07, 6.45) is 6.53. The lowest BCUT2D eigenvalue weighted by molar-refractivity contribution is 0.0701. The highest BCUT2D eigenvalue weighted by Gasteiger charge is 2.27. The standard InChI is InChI=1S/C19H26N2O2.ClH/c1-2-13-23-18-6-4-3-5-17(18)19(22)21-11-9-16(10-12-21)20-14-15-7-8-15;/h2-6,15-16,20H,1,7-14H2;1H. The largest absolute Gasteiger partial charge is 0.489 e. The first-order valence-corrected chi connectivity index (χ1v) is 8.63. The molecule has 1 aliphatic carbocycles. The summed E-state index contributed by atoms with van der Waals surface area (Å²) in [5.41, 5.74) is 0.652. The molecule has 132 valence electrons. The number of nitrogens with zero attached hydrogens (tertiary/aromatic N) is 1. The Kier molecular flexibility index (Phi) is 7.13. The van der Waals surface area contributed by atoms with Gasteiger partial charge in [-0.15, -0.1) is 12.4 Å². The van der Waals surface area contributed by atoms with Crippen molar-refractivity contribution in [3.8, 4) is 5.75 Å². The van der Waals surface area contributed by atoms with E-state index >= 15 is 0 Å². The summed E-state index contributed by atoms with van der Waals surface area (Å²) in [4.78, 5) is 14.7. The molecule has 1 heterocycles. The quantitative estimate of drug-likeness (QED) is 0.767. The molecule has 3 rings (SSSR count). The molecule has 4 nitrogen and oxygen atoms in total. The van der Waals surface area contributed by atoms with E-state index in [1.54, 1.807) is 6.08 Å². The number of benzene rings is 1. The first-order chi connectivity index (χ1) is 11.3. The van der Waals surface area contributed by atoms with E-state index in [4.69, 9.17) is 4.74 Å². The Labute approximate surface area is 150 Å². The molecule has 5 heteroatoms. The van der Waals surface area contributed by atoms with Crippen LogP contribution in [0.3, 0.4) is 0 Å². The fraction of sp³-hybridized carbons (Fsp3) is 0.526. The minimum Gasteiger partial charge on any atom is -0.489 e. The number of rotatable bonds is 7. The van der Waals surface area contributed by atoms with Gasteiger partial charge in [0.2, 0.25) is 0 Å². The number of nitrogens with one attached hydrogen (secondary N) is 1. The molecule has 0 spiro atoms. The first kappa shape index (κ1) is 18.8. The molecule has 0 unspecified atom stereocenters. The van der Waals surface area contributed by atoms with Crippen LogP contribution in [0.25, 0.3) is 0 Å². The van der Waals surface area contributed by atoms with Gasteiger partial charge in [-0.05, 0) is 50.3 Å². The normalized spacial score (nSPS) is 17.9. The van der Waals surface area contributed by atoms with E-state index in [9.17, 15) is 4.79 Å². The van der Waals surface area contributed by atoms with Crippen molar-refractivity contribution in [2.75, 3.05) is 26.2 Å². The molecule has 1 saturated heterocycles. The summed E-state index contributed by atoms with van der Waals surface area (Å²) in [5, 5.41) is 3.65. The van der Waals surface area contributed by atoms with Gasteiger partial charge in [0, 0.05) is 19.1 Å². The molecular weight excluding hydrogens is 324 g/mol. The molecule has 2 fully saturated rings. The van der Waals surface area contributed by atoms with Gasteiger partial charge >= 0.3 is 0 Å². The number of carbonyl (C=O) groups is 1. The molecule has 0 aromatic heterocycles. The van der Waals surface area contributed by atoms with Crippen molar-refractivity contribution in [3.63, 3.8) is 0 Å². The number of halogens is 1. The maximum atomic E-state index is 12.8. The zero-order valence-electron chi connectivity index (χ0n) is 14.1. The Morgan fingerprint density at radius 2 is 1.96 bits per heavy atom. The van der Waals surface area contributed by atoms with Crippen molar-refractivity contribution in [2.24, 2.45) is 5.92 Å². The summed E-state index contributed by atoms with van der Waals surface area (Å²) >= 11 is 0. The van der Waals surface area contributed by atoms with Crippen LogP contribution in [-0.4, -0.2) is 43.1 Å². The van der Waals surface area contributed by atoms with Crippen LogP contribution in [0.15, 0.2) is 36.9 Å². The van der Waals surface area contributed by atoms with Gasteiger partial charge in [0.25, 0.3) is 5.91 Å². The minimum atomic E-state index is 0. The van der Waals surface area contributed by atoms with Crippen LogP contribution in [0.5, 0.6) is 5.75 Å². The highest BCUT2D eigenvalue weighted by molar-refractivity contribution is 5.97. The fourth-order valence-electron chi connectivity index (χ4n) is 3.03. The number of para-hydroxylation sites is 1. The molecule has 0 radical (unpaired) electrons. The molecule has 1 aliphatic heterocycles. The second-order valence-corrected chi connectivity index (χ2v) is 6.51. The van der Waals surface area contributed by atoms with Crippen molar-refractivity contribution in [1.82, 2.24) is 10.2 Å². The first-order valence-electron chi connectivity index (χ1n) is 8.63. The Bertz CT molecular complexity index is 552. The Balaban J connectivity index is 0.00000208. The zero-order chi connectivity index (χ0) is 16.1. The van der Waals surface area contributed by atoms with E-state index in [-0.39, 0.29) is 18.3 Å². The molecule has 1 aromatic carbocycles. The summed E-state index contributed by atoms with van der Waals surface area (Å²) < 4.78 is 5.61. The average molecular weight is 351 g/mol. The lowest BCUT2D eigenvalue weighted by Gasteiger charge is -2.33. The highest BCUT2D eigenvalue weighted by atomic mass is 35.5. The van der Waals surface area contributed by atoms with Crippen molar-refractivity contribution < 1.29 is 9.53 Å². The lowest BCUT2D eigenvalue weighted by Crippen LogP contribution is -2.45. The summed E-state index contributed by atoms with van der Waals surface area (Å²) in [6, 6.07) is 8.03. The number of hydrogen-bond acceptors (Lipinski definition) is 3. The highest BCUT2D eigenvalue weighted by Crippen LogP contribution is 2.28. The minimum absolute atomic E-state index is 0. The third kappa shape index (κ3) is 4.99. The van der Waals surface area contributed by atoms with Crippen molar-refractivity contribution in [3.05, 3.63) is 42.5 Å². The van der Waals surface area contributed by atoms with E-state index in [0.717, 1.165) is 38.4 Å². The Morgan fingerprint density at radius 1 is 1.25 bits per heavy atom.